The van der Waals surface area contributed by atoms with Gasteiger partial charge in [0.05, 0.1) is 30.9 Å². The lowest BCUT2D eigenvalue weighted by Crippen LogP contribution is -2.34. The number of aromatic nitrogens is 3. The van der Waals surface area contributed by atoms with Crippen molar-refractivity contribution in [1.29, 1.82) is 0 Å². The van der Waals surface area contributed by atoms with Gasteiger partial charge in [0.25, 0.3) is 6.01 Å². The summed E-state index contributed by atoms with van der Waals surface area (Å²) < 4.78 is 55.3. The van der Waals surface area contributed by atoms with E-state index < -0.39 is 48.6 Å². The number of nitrogens with one attached hydrogen (secondary N) is 2. The maximum atomic E-state index is 14.5. The summed E-state index contributed by atoms with van der Waals surface area (Å²) in [7, 11) is 1.17. The zero-order chi connectivity index (χ0) is 25.4. The Labute approximate surface area is 207 Å². The quantitative estimate of drug-likeness (QED) is 0.373. The molecule has 2 aliphatic rings. The van der Waals surface area contributed by atoms with Crippen LogP contribution < -0.4 is 14.8 Å². The monoisotopic (exact) mass is 526 g/mol. The molecule has 0 radical (unpaired) electrons. The lowest BCUT2D eigenvalue weighted by Gasteiger charge is -2.15. The number of ether oxygens (including phenoxy) is 5. The van der Waals surface area contributed by atoms with Crippen LogP contribution in [0.2, 0.25) is 5.02 Å². The maximum absolute atomic E-state index is 14.5. The number of aliphatic hydroxyl groups excluding tert-OH is 1. The molecule has 1 aromatic carbocycles. The average molecular weight is 527 g/mol. The number of hydrogen-bond donors (Lipinski definition) is 3. The van der Waals surface area contributed by atoms with Crippen LogP contribution in [-0.4, -0.2) is 77.4 Å². The Balaban J connectivity index is 1.27. The van der Waals surface area contributed by atoms with Gasteiger partial charge < -0.3 is 39.1 Å². The van der Waals surface area contributed by atoms with Crippen LogP contribution >= 0.6 is 11.6 Å². The highest BCUT2D eigenvalue weighted by Crippen LogP contribution is 2.31. The number of aromatic amines is 1. The van der Waals surface area contributed by atoms with Crippen molar-refractivity contribution in [3.63, 3.8) is 0 Å². The number of carbonyl (C=O) groups excluding carboxylic acids is 1. The minimum Gasteiger partial charge on any atom is -0.482 e. The molecule has 2 aromatic heterocycles. The zero-order valence-corrected chi connectivity index (χ0v) is 19.6. The maximum Gasteiger partial charge on any atom is 0.343 e. The second kappa shape index (κ2) is 10.0. The number of nitrogens with zero attached hydrogens (tertiary/aromatic N) is 2. The normalized spacial score (nSPS) is 23.0. The number of H-pyrrole nitrogens is 1. The first-order valence-electron chi connectivity index (χ1n) is 10.9. The van der Waals surface area contributed by atoms with E-state index in [0.29, 0.717) is 5.52 Å². The number of anilines is 1. The number of benzene rings is 1. The fraction of sp³-hybridized carbons (Fsp3) is 0.409. The fourth-order valence-electron chi connectivity index (χ4n) is 3.97. The Bertz CT molecular complexity index is 1270. The Morgan fingerprint density at radius 2 is 1.97 bits per heavy atom. The van der Waals surface area contributed by atoms with Crippen LogP contribution in [0, 0.1) is 11.6 Å². The van der Waals surface area contributed by atoms with E-state index in [-0.39, 0.29) is 53.6 Å². The number of methoxy groups -OCH3 is 1. The van der Waals surface area contributed by atoms with Crippen molar-refractivity contribution in [3.05, 3.63) is 40.4 Å². The summed E-state index contributed by atoms with van der Waals surface area (Å²) in [6.07, 6.45) is -2.03. The summed E-state index contributed by atoms with van der Waals surface area (Å²) in [5.41, 5.74) is 0.457. The van der Waals surface area contributed by atoms with Gasteiger partial charge in [-0.2, -0.15) is 4.98 Å². The minimum atomic E-state index is -0.883. The van der Waals surface area contributed by atoms with E-state index in [2.05, 4.69) is 25.0 Å². The van der Waals surface area contributed by atoms with E-state index in [4.69, 9.17) is 30.5 Å². The van der Waals surface area contributed by atoms with E-state index in [0.717, 1.165) is 12.1 Å². The fourth-order valence-corrected chi connectivity index (χ4v) is 4.19. The number of aliphatic hydroxyl groups is 1. The number of pyridine rings is 1. The van der Waals surface area contributed by atoms with Crippen LogP contribution in [0.4, 0.5) is 14.6 Å². The van der Waals surface area contributed by atoms with Crippen molar-refractivity contribution in [1.82, 2.24) is 15.0 Å². The largest absolute Gasteiger partial charge is 0.482 e. The van der Waals surface area contributed by atoms with E-state index in [1.165, 1.54) is 7.11 Å². The molecule has 3 N–H and O–H groups in total. The smallest absolute Gasteiger partial charge is 0.343 e. The van der Waals surface area contributed by atoms with Gasteiger partial charge in [-0.15, -0.1) is 0 Å². The molecule has 0 spiro atoms. The van der Waals surface area contributed by atoms with Gasteiger partial charge >= 0.3 is 5.97 Å². The molecular weight excluding hydrogens is 506 g/mol. The third-order valence-electron chi connectivity index (χ3n) is 5.78. The van der Waals surface area contributed by atoms with Crippen molar-refractivity contribution in [2.24, 2.45) is 0 Å². The van der Waals surface area contributed by atoms with Crippen molar-refractivity contribution in [2.75, 3.05) is 32.2 Å². The Morgan fingerprint density at radius 3 is 2.72 bits per heavy atom. The van der Waals surface area contributed by atoms with Crippen LogP contribution in [0.3, 0.4) is 0 Å². The third kappa shape index (κ3) is 4.87. The predicted molar refractivity (Wildman–Crippen MR) is 120 cm³/mol. The molecule has 0 amide bonds. The number of hydrogen-bond acceptors (Lipinski definition) is 10. The average Bonchev–Trinajstić information content (AvgIpc) is 3.53. The Hall–Kier alpha value is -3.26. The number of imidazole rings is 1. The summed E-state index contributed by atoms with van der Waals surface area (Å²) in [6.45, 7) is -0.352. The molecule has 0 aliphatic carbocycles. The van der Waals surface area contributed by atoms with Crippen molar-refractivity contribution in [2.45, 2.75) is 31.0 Å². The standard InChI is InChI=1S/C22H21ClF2N4O7/c1-32-17(31)8-33-9-2-12(24)10(13(25)3-9)5-26-20-11(23)4-14-21(28-20)29-22(27-14)36-16-7-35-18-15(30)6-34-19(16)18/h2-4,15-16,18-19,30H,5-8H2,1H3,(H2,26,27,28,29)/t15-,16-,18-,19-/m1/s1. The summed E-state index contributed by atoms with van der Waals surface area (Å²) in [4.78, 5) is 22.7. The number of carbonyl (C=O) groups is 1. The highest BCUT2D eigenvalue weighted by atomic mass is 35.5. The summed E-state index contributed by atoms with van der Waals surface area (Å²) in [5.74, 6) is -2.45. The van der Waals surface area contributed by atoms with Gasteiger partial charge in [0.2, 0.25) is 0 Å². The molecule has 2 aliphatic heterocycles. The van der Waals surface area contributed by atoms with E-state index in [9.17, 15) is 18.7 Å². The summed E-state index contributed by atoms with van der Waals surface area (Å²) >= 11 is 6.29. The summed E-state index contributed by atoms with van der Waals surface area (Å²) in [6, 6.07) is 3.63. The Morgan fingerprint density at radius 1 is 1.22 bits per heavy atom. The Kier molecular flexibility index (Phi) is 6.79. The number of rotatable bonds is 8. The van der Waals surface area contributed by atoms with E-state index >= 15 is 0 Å². The van der Waals surface area contributed by atoms with Crippen LogP contribution in [0.1, 0.15) is 5.56 Å². The molecule has 2 fully saturated rings. The number of esters is 1. The highest BCUT2D eigenvalue weighted by Gasteiger charge is 2.48. The van der Waals surface area contributed by atoms with Crippen LogP contribution in [0.5, 0.6) is 11.8 Å². The number of halogens is 3. The van der Waals surface area contributed by atoms with E-state index in [1.54, 1.807) is 6.07 Å². The first-order valence-corrected chi connectivity index (χ1v) is 11.3. The third-order valence-corrected chi connectivity index (χ3v) is 6.07. The van der Waals surface area contributed by atoms with Crippen LogP contribution in [-0.2, 0) is 25.5 Å². The molecule has 4 heterocycles. The van der Waals surface area contributed by atoms with Crippen molar-refractivity contribution in [3.8, 4) is 11.8 Å². The molecule has 0 unspecified atom stereocenters. The van der Waals surface area contributed by atoms with Crippen molar-refractivity contribution < 1.29 is 42.4 Å². The van der Waals surface area contributed by atoms with Crippen LogP contribution in [0.15, 0.2) is 18.2 Å². The second-order valence-electron chi connectivity index (χ2n) is 8.14. The molecule has 0 bridgehead atoms. The van der Waals surface area contributed by atoms with Crippen molar-refractivity contribution >= 4 is 34.6 Å². The van der Waals surface area contributed by atoms with Gasteiger partial charge in [0, 0.05) is 24.2 Å². The topological polar surface area (TPSA) is 137 Å². The lowest BCUT2D eigenvalue weighted by molar-refractivity contribution is -0.142. The molecule has 4 atom stereocenters. The number of fused-ring (bicyclic) bond motifs is 2. The molecule has 5 rings (SSSR count). The van der Waals surface area contributed by atoms with Gasteiger partial charge in [-0.1, -0.05) is 11.6 Å². The van der Waals surface area contributed by atoms with Gasteiger partial charge in [0.1, 0.15) is 41.5 Å². The van der Waals surface area contributed by atoms with Gasteiger partial charge in [0.15, 0.2) is 18.4 Å². The van der Waals surface area contributed by atoms with Gasteiger partial charge in [-0.3, -0.25) is 0 Å². The zero-order valence-electron chi connectivity index (χ0n) is 18.8. The van der Waals surface area contributed by atoms with Gasteiger partial charge in [-0.25, -0.2) is 18.6 Å². The molecule has 2 saturated heterocycles. The second-order valence-corrected chi connectivity index (χ2v) is 8.54. The molecular formula is C22H21ClF2N4O7. The lowest BCUT2D eigenvalue weighted by atomic mass is 10.1. The predicted octanol–water partition coefficient (Wildman–Crippen LogP) is 1.96. The molecule has 11 nitrogen and oxygen atoms in total. The van der Waals surface area contributed by atoms with Gasteiger partial charge in [-0.05, 0) is 6.07 Å². The molecule has 3 aromatic rings. The molecule has 0 saturated carbocycles. The first kappa shape index (κ1) is 24.4. The molecule has 36 heavy (non-hydrogen) atoms. The molecule has 192 valence electrons. The van der Waals surface area contributed by atoms with Crippen LogP contribution in [0.25, 0.3) is 11.2 Å². The first-order chi connectivity index (χ1) is 17.3. The SMILES string of the molecule is COC(=O)COc1cc(F)c(CNc2nc3nc(O[C@@H]4CO[C@H]5[C@@H]4OC[C@H]5O)[nH]c3cc2Cl)c(F)c1. The highest BCUT2D eigenvalue weighted by molar-refractivity contribution is 6.33. The summed E-state index contributed by atoms with van der Waals surface area (Å²) in [5, 5.41) is 12.8. The minimum absolute atomic E-state index is 0.151. The van der Waals surface area contributed by atoms with E-state index in [1.807, 2.05) is 0 Å². The molecule has 14 heteroatoms.